The van der Waals surface area contributed by atoms with Crippen LogP contribution in [0.5, 0.6) is 0 Å². The zero-order valence-electron chi connectivity index (χ0n) is 28.5. The summed E-state index contributed by atoms with van der Waals surface area (Å²) in [5.41, 5.74) is 4.56. The van der Waals surface area contributed by atoms with Crippen LogP contribution in [0.3, 0.4) is 0 Å². The number of hydrogen-bond donors (Lipinski definition) is 1. The highest BCUT2D eigenvalue weighted by Crippen LogP contribution is 2.39. The highest BCUT2D eigenvalue weighted by molar-refractivity contribution is 7.13. The van der Waals surface area contributed by atoms with Gasteiger partial charge in [0.25, 0.3) is 11.8 Å². The highest BCUT2D eigenvalue weighted by Gasteiger charge is 2.45. The van der Waals surface area contributed by atoms with Gasteiger partial charge >= 0.3 is 6.09 Å². The van der Waals surface area contributed by atoms with Gasteiger partial charge in [0.1, 0.15) is 11.4 Å². The zero-order chi connectivity index (χ0) is 34.4. The summed E-state index contributed by atoms with van der Waals surface area (Å²) in [6.45, 7) is 8.56. The molecule has 0 radical (unpaired) electrons. The van der Waals surface area contributed by atoms with E-state index in [1.54, 1.807) is 22.5 Å². The molecule has 2 saturated heterocycles. The number of amides is 3. The smallest absolute Gasteiger partial charge is 0.410 e. The van der Waals surface area contributed by atoms with E-state index in [1.165, 1.54) is 27.9 Å². The average molecular weight is 687 g/mol. The molecule has 3 aromatic rings. The van der Waals surface area contributed by atoms with Crippen LogP contribution in [-0.4, -0.2) is 87.5 Å². The number of allylic oxidation sites excluding steroid dienone is 1. The molecule has 4 aliphatic rings. The SMILES string of the molecule is CN1CN2CCCC2=C1C(C(=O)Nc1nccs1)N1Cc2c(F)cc(-c3ccc(CC4CCN(C(=O)OC(C)(C)C)CC4)cc3)cc2C1=O. The number of rotatable bonds is 7. The van der Waals surface area contributed by atoms with Gasteiger partial charge in [-0.25, -0.2) is 14.2 Å². The van der Waals surface area contributed by atoms with E-state index in [1.807, 2.05) is 44.9 Å². The molecule has 12 heteroatoms. The minimum absolute atomic E-state index is 0.00649. The van der Waals surface area contributed by atoms with E-state index in [9.17, 15) is 14.4 Å². The molecule has 1 atom stereocenters. The Kier molecular flexibility index (Phi) is 8.85. The number of benzene rings is 2. The Morgan fingerprint density at radius 2 is 1.86 bits per heavy atom. The Bertz CT molecular complexity index is 1780. The van der Waals surface area contributed by atoms with Crippen molar-refractivity contribution in [3.63, 3.8) is 0 Å². The van der Waals surface area contributed by atoms with Crippen molar-refractivity contribution in [2.24, 2.45) is 5.92 Å². The molecule has 3 amide bonds. The molecule has 49 heavy (non-hydrogen) atoms. The third-order valence-electron chi connectivity index (χ3n) is 9.89. The largest absolute Gasteiger partial charge is 0.444 e. The van der Waals surface area contributed by atoms with Crippen molar-refractivity contribution in [3.8, 4) is 11.1 Å². The Labute approximate surface area is 290 Å². The van der Waals surface area contributed by atoms with Crippen molar-refractivity contribution in [2.45, 2.75) is 71.1 Å². The number of piperidine rings is 1. The Balaban J connectivity index is 1.07. The van der Waals surface area contributed by atoms with Crippen molar-refractivity contribution in [2.75, 3.05) is 38.7 Å². The number of anilines is 1. The van der Waals surface area contributed by atoms with Crippen LogP contribution in [0.1, 0.15) is 67.9 Å². The number of carbonyl (C=O) groups excluding carboxylic acids is 3. The third kappa shape index (κ3) is 6.75. The molecular weight excluding hydrogens is 644 g/mol. The number of ether oxygens (including phenoxy) is 1. The number of likely N-dealkylation sites (N-methyl/N-ethyl adjacent to an activating group) is 1. The quantitative estimate of drug-likeness (QED) is 0.311. The summed E-state index contributed by atoms with van der Waals surface area (Å²) in [6, 6.07) is 10.4. The fourth-order valence-electron chi connectivity index (χ4n) is 7.54. The minimum atomic E-state index is -0.926. The molecule has 0 spiro atoms. The third-order valence-corrected chi connectivity index (χ3v) is 10.6. The normalized spacial score (nSPS) is 18.7. The van der Waals surface area contributed by atoms with E-state index in [0.717, 1.165) is 55.6 Å². The number of thiazole rings is 1. The predicted octanol–water partition coefficient (Wildman–Crippen LogP) is 6.31. The number of fused-ring (bicyclic) bond motifs is 2. The number of hydrogen-bond acceptors (Lipinski definition) is 8. The van der Waals surface area contributed by atoms with E-state index >= 15 is 4.39 Å². The van der Waals surface area contributed by atoms with Crippen LogP contribution in [0.2, 0.25) is 0 Å². The summed E-state index contributed by atoms with van der Waals surface area (Å²) < 4.78 is 21.4. The minimum Gasteiger partial charge on any atom is -0.444 e. The highest BCUT2D eigenvalue weighted by atomic mass is 32.1. The number of likely N-dealkylation sites (tertiary alicyclic amines) is 1. The molecule has 258 valence electrons. The lowest BCUT2D eigenvalue weighted by Crippen LogP contribution is -2.48. The zero-order valence-corrected chi connectivity index (χ0v) is 29.3. The first-order chi connectivity index (χ1) is 23.4. The molecule has 5 heterocycles. The van der Waals surface area contributed by atoms with Crippen molar-refractivity contribution in [1.29, 1.82) is 0 Å². The molecular formula is C37H43FN6O4S. The van der Waals surface area contributed by atoms with E-state index in [2.05, 4.69) is 27.3 Å². The Morgan fingerprint density at radius 1 is 1.10 bits per heavy atom. The molecule has 0 saturated carbocycles. The Hall–Kier alpha value is -4.45. The van der Waals surface area contributed by atoms with Gasteiger partial charge in [0.15, 0.2) is 11.2 Å². The molecule has 4 aliphatic heterocycles. The van der Waals surface area contributed by atoms with Crippen LogP contribution in [-0.2, 0) is 22.5 Å². The number of carbonyl (C=O) groups is 3. The summed E-state index contributed by atoms with van der Waals surface area (Å²) >= 11 is 1.31. The number of halogens is 1. The van der Waals surface area contributed by atoms with Crippen LogP contribution < -0.4 is 5.32 Å². The molecule has 10 nitrogen and oxygen atoms in total. The lowest BCUT2D eigenvalue weighted by atomic mass is 9.89. The molecule has 1 N–H and O–H groups in total. The van der Waals surface area contributed by atoms with Gasteiger partial charge in [0.05, 0.1) is 18.9 Å². The maximum Gasteiger partial charge on any atom is 0.410 e. The van der Waals surface area contributed by atoms with E-state index < -0.39 is 17.5 Å². The van der Waals surface area contributed by atoms with Gasteiger partial charge in [-0.1, -0.05) is 24.3 Å². The second-order valence-electron chi connectivity index (χ2n) is 14.5. The van der Waals surface area contributed by atoms with Crippen molar-refractivity contribution >= 4 is 34.4 Å². The first kappa shape index (κ1) is 33.1. The molecule has 1 aromatic heterocycles. The fraction of sp³-hybridized carbons (Fsp3) is 0.459. The van der Waals surface area contributed by atoms with Gasteiger partial charge in [-0.15, -0.1) is 11.3 Å². The van der Waals surface area contributed by atoms with Crippen LogP contribution in [0.4, 0.5) is 14.3 Å². The van der Waals surface area contributed by atoms with Gasteiger partial charge in [-0.05, 0) is 87.6 Å². The van der Waals surface area contributed by atoms with Crippen LogP contribution >= 0.6 is 11.3 Å². The number of aromatic nitrogens is 1. The topological polar surface area (TPSA) is 98.3 Å². The summed E-state index contributed by atoms with van der Waals surface area (Å²) in [5.74, 6) is -0.714. The lowest BCUT2D eigenvalue weighted by molar-refractivity contribution is -0.120. The predicted molar refractivity (Wildman–Crippen MR) is 186 cm³/mol. The van der Waals surface area contributed by atoms with Crippen molar-refractivity contribution in [1.82, 2.24) is 24.6 Å². The van der Waals surface area contributed by atoms with Crippen LogP contribution in [0.15, 0.2) is 59.4 Å². The number of nitrogens with zero attached hydrogens (tertiary/aromatic N) is 5. The number of nitrogens with one attached hydrogen (secondary N) is 1. The maximum atomic E-state index is 15.8. The second-order valence-corrected chi connectivity index (χ2v) is 15.4. The molecule has 0 aliphatic carbocycles. The first-order valence-corrected chi connectivity index (χ1v) is 17.9. The summed E-state index contributed by atoms with van der Waals surface area (Å²) in [6.07, 6.45) is 5.89. The van der Waals surface area contributed by atoms with Gasteiger partial charge in [-0.3, -0.25) is 14.9 Å². The molecule has 2 fully saturated rings. The molecule has 1 unspecified atom stereocenters. The van der Waals surface area contributed by atoms with E-state index in [-0.39, 0.29) is 30.0 Å². The monoisotopic (exact) mass is 686 g/mol. The van der Waals surface area contributed by atoms with Gasteiger partial charge in [0, 0.05) is 55.1 Å². The summed E-state index contributed by atoms with van der Waals surface area (Å²) in [7, 11) is 1.94. The summed E-state index contributed by atoms with van der Waals surface area (Å²) in [5, 5.41) is 5.14. The molecule has 0 bridgehead atoms. The van der Waals surface area contributed by atoms with E-state index in [0.29, 0.717) is 41.9 Å². The van der Waals surface area contributed by atoms with Gasteiger partial charge in [0.2, 0.25) is 0 Å². The maximum absolute atomic E-state index is 15.8. The van der Waals surface area contributed by atoms with Crippen molar-refractivity contribution < 1.29 is 23.5 Å². The lowest BCUT2D eigenvalue weighted by Gasteiger charge is -2.33. The second kappa shape index (κ2) is 13.1. The van der Waals surface area contributed by atoms with E-state index in [4.69, 9.17) is 4.74 Å². The average Bonchev–Trinajstić information content (AvgIpc) is 3.85. The van der Waals surface area contributed by atoms with Gasteiger partial charge < -0.3 is 24.3 Å². The van der Waals surface area contributed by atoms with Crippen LogP contribution in [0.25, 0.3) is 11.1 Å². The standard InChI is InChI=1S/C37H43FN6O4S/c1-37(2,3)48-36(47)42-15-11-24(12-16-42)18-23-7-9-25(10-8-23)26-19-27-28(29(38)20-26)21-44(34(27)46)32(33(45)40-35-39-13-17-49-35)31-30-6-5-14-43(30)22-41(31)4/h7-10,13,17,19-20,24,32H,5-6,11-12,14-16,18,21-22H2,1-4H3,(H,39,40,45). The van der Waals surface area contributed by atoms with Crippen molar-refractivity contribution in [3.05, 3.63) is 81.9 Å². The Morgan fingerprint density at radius 3 is 2.55 bits per heavy atom. The van der Waals surface area contributed by atoms with Crippen LogP contribution in [0, 0.1) is 11.7 Å². The van der Waals surface area contributed by atoms with Gasteiger partial charge in [-0.2, -0.15) is 0 Å². The first-order valence-electron chi connectivity index (χ1n) is 17.1. The summed E-state index contributed by atoms with van der Waals surface area (Å²) in [4.78, 5) is 52.3. The molecule has 7 rings (SSSR count). The fourth-order valence-corrected chi connectivity index (χ4v) is 8.07. The molecule has 2 aromatic carbocycles.